The van der Waals surface area contributed by atoms with E-state index in [0.717, 1.165) is 12.1 Å². The van der Waals surface area contributed by atoms with Crippen LogP contribution in [0.25, 0.3) is 0 Å². The monoisotopic (exact) mass is 298 g/mol. The van der Waals surface area contributed by atoms with Crippen molar-refractivity contribution in [2.75, 3.05) is 7.05 Å². The largest absolute Gasteiger partial charge is 0.416 e. The van der Waals surface area contributed by atoms with Crippen molar-refractivity contribution in [3.05, 3.63) is 64.7 Å². The van der Waals surface area contributed by atoms with Gasteiger partial charge in [0, 0.05) is 6.20 Å². The molecule has 6 heteroatoms. The van der Waals surface area contributed by atoms with Crippen LogP contribution in [-0.2, 0) is 6.18 Å². The fourth-order valence-corrected chi connectivity index (χ4v) is 2.23. The van der Waals surface area contributed by atoms with Gasteiger partial charge in [-0.05, 0) is 49.4 Å². The molecule has 1 unspecified atom stereocenters. The maximum atomic E-state index is 13.8. The Morgan fingerprint density at radius 1 is 1.19 bits per heavy atom. The number of nitrogens with zero attached hydrogens (tertiary/aromatic N) is 1. The van der Waals surface area contributed by atoms with Gasteiger partial charge in [0.1, 0.15) is 5.82 Å². The van der Waals surface area contributed by atoms with Gasteiger partial charge in [-0.2, -0.15) is 13.2 Å². The number of benzene rings is 1. The van der Waals surface area contributed by atoms with E-state index in [2.05, 4.69) is 10.3 Å². The van der Waals surface area contributed by atoms with Gasteiger partial charge in [-0.1, -0.05) is 6.07 Å². The number of nitrogens with one attached hydrogen (secondary N) is 1. The molecule has 0 saturated heterocycles. The number of aryl methyl sites for hydroxylation is 1. The van der Waals surface area contributed by atoms with Gasteiger partial charge < -0.3 is 5.32 Å². The Kier molecular flexibility index (Phi) is 4.27. The van der Waals surface area contributed by atoms with Crippen LogP contribution in [0.15, 0.2) is 36.5 Å². The Morgan fingerprint density at radius 3 is 2.43 bits per heavy atom. The summed E-state index contributed by atoms with van der Waals surface area (Å²) in [5, 5.41) is 2.89. The van der Waals surface area contributed by atoms with Crippen LogP contribution in [0.5, 0.6) is 0 Å². The summed E-state index contributed by atoms with van der Waals surface area (Å²) in [7, 11) is 1.61. The molecule has 0 fully saturated rings. The Balaban J connectivity index is 2.47. The van der Waals surface area contributed by atoms with Crippen LogP contribution in [0.3, 0.4) is 0 Å². The van der Waals surface area contributed by atoms with E-state index >= 15 is 0 Å². The first-order chi connectivity index (χ1) is 9.84. The first-order valence-corrected chi connectivity index (χ1v) is 6.30. The van der Waals surface area contributed by atoms with Crippen molar-refractivity contribution >= 4 is 0 Å². The average molecular weight is 298 g/mol. The highest BCUT2D eigenvalue weighted by molar-refractivity contribution is 5.38. The van der Waals surface area contributed by atoms with Gasteiger partial charge >= 0.3 is 6.18 Å². The summed E-state index contributed by atoms with van der Waals surface area (Å²) in [5.74, 6) is -0.504. The van der Waals surface area contributed by atoms with Gasteiger partial charge in [0.25, 0.3) is 0 Å². The number of halogens is 4. The molecule has 2 aromatic rings. The SMILES string of the molecule is CNC(c1ccc(C(F)(F)F)cc1C)c1ncccc1F. The molecule has 0 bridgehead atoms. The van der Waals surface area contributed by atoms with Crippen LogP contribution in [0, 0.1) is 12.7 Å². The fourth-order valence-electron chi connectivity index (χ4n) is 2.23. The number of hydrogen-bond acceptors (Lipinski definition) is 2. The van der Waals surface area contributed by atoms with E-state index in [1.807, 2.05) is 0 Å². The zero-order chi connectivity index (χ0) is 15.6. The normalized spacial score (nSPS) is 13.2. The third-order valence-corrected chi connectivity index (χ3v) is 3.26. The molecular weight excluding hydrogens is 284 g/mol. The molecule has 0 aliphatic rings. The van der Waals surface area contributed by atoms with Crippen LogP contribution < -0.4 is 5.32 Å². The molecule has 2 nitrogen and oxygen atoms in total. The van der Waals surface area contributed by atoms with E-state index in [9.17, 15) is 17.6 Å². The van der Waals surface area contributed by atoms with E-state index in [0.29, 0.717) is 11.1 Å². The van der Waals surface area contributed by atoms with E-state index in [-0.39, 0.29) is 5.69 Å². The Labute approximate surface area is 119 Å². The molecule has 0 aliphatic heterocycles. The van der Waals surface area contributed by atoms with Crippen molar-refractivity contribution in [2.45, 2.75) is 19.1 Å². The molecule has 0 saturated carbocycles. The molecular formula is C15H14F4N2. The number of rotatable bonds is 3. The lowest BCUT2D eigenvalue weighted by Crippen LogP contribution is -2.21. The van der Waals surface area contributed by atoms with Crippen molar-refractivity contribution < 1.29 is 17.6 Å². The highest BCUT2D eigenvalue weighted by atomic mass is 19.4. The first kappa shape index (κ1) is 15.4. The molecule has 0 radical (unpaired) electrons. The van der Waals surface area contributed by atoms with Gasteiger partial charge in [-0.3, -0.25) is 4.98 Å². The number of pyridine rings is 1. The van der Waals surface area contributed by atoms with Crippen LogP contribution in [0.1, 0.15) is 28.4 Å². The number of hydrogen-bond donors (Lipinski definition) is 1. The average Bonchev–Trinajstić information content (AvgIpc) is 2.42. The predicted molar refractivity (Wildman–Crippen MR) is 71.3 cm³/mol. The van der Waals surface area contributed by atoms with Crippen LogP contribution in [0.4, 0.5) is 17.6 Å². The van der Waals surface area contributed by atoms with Crippen LogP contribution in [-0.4, -0.2) is 12.0 Å². The van der Waals surface area contributed by atoms with Crippen LogP contribution >= 0.6 is 0 Å². The summed E-state index contributed by atoms with van der Waals surface area (Å²) in [6, 6.07) is 5.53. The molecule has 2 rings (SSSR count). The summed E-state index contributed by atoms with van der Waals surface area (Å²) in [6.45, 7) is 1.57. The second-order valence-corrected chi connectivity index (χ2v) is 4.66. The van der Waals surface area contributed by atoms with E-state index in [1.54, 1.807) is 14.0 Å². The highest BCUT2D eigenvalue weighted by Crippen LogP contribution is 2.33. The minimum atomic E-state index is -4.39. The van der Waals surface area contributed by atoms with Crippen molar-refractivity contribution in [1.29, 1.82) is 0 Å². The van der Waals surface area contributed by atoms with Crippen molar-refractivity contribution in [2.24, 2.45) is 0 Å². The maximum absolute atomic E-state index is 13.8. The van der Waals surface area contributed by atoms with Gasteiger partial charge in [-0.15, -0.1) is 0 Å². The quantitative estimate of drug-likeness (QED) is 0.870. The zero-order valence-electron chi connectivity index (χ0n) is 11.5. The van der Waals surface area contributed by atoms with Crippen molar-refractivity contribution in [3.63, 3.8) is 0 Å². The third kappa shape index (κ3) is 3.21. The molecule has 1 aromatic carbocycles. The topological polar surface area (TPSA) is 24.9 Å². The van der Waals surface area contributed by atoms with Crippen molar-refractivity contribution in [1.82, 2.24) is 10.3 Å². The predicted octanol–water partition coefficient (Wildman–Crippen LogP) is 3.86. The number of aromatic nitrogens is 1. The van der Waals surface area contributed by atoms with Gasteiger partial charge in [0.15, 0.2) is 0 Å². The molecule has 0 amide bonds. The molecule has 1 N–H and O–H groups in total. The van der Waals surface area contributed by atoms with E-state index < -0.39 is 23.6 Å². The van der Waals surface area contributed by atoms with E-state index in [1.165, 1.54) is 24.4 Å². The molecule has 21 heavy (non-hydrogen) atoms. The van der Waals surface area contributed by atoms with Gasteiger partial charge in [-0.25, -0.2) is 4.39 Å². The molecule has 1 heterocycles. The van der Waals surface area contributed by atoms with Gasteiger partial charge in [0.2, 0.25) is 0 Å². The number of alkyl halides is 3. The second kappa shape index (κ2) is 5.81. The Bertz CT molecular complexity index is 638. The molecule has 1 aromatic heterocycles. The second-order valence-electron chi connectivity index (χ2n) is 4.66. The molecule has 1 atom stereocenters. The summed E-state index contributed by atoms with van der Waals surface area (Å²) < 4.78 is 51.9. The summed E-state index contributed by atoms with van der Waals surface area (Å²) in [4.78, 5) is 3.98. The summed E-state index contributed by atoms with van der Waals surface area (Å²) in [5.41, 5.74) is 0.417. The van der Waals surface area contributed by atoms with Crippen LogP contribution in [0.2, 0.25) is 0 Å². The fraction of sp³-hybridized carbons (Fsp3) is 0.267. The molecule has 0 aliphatic carbocycles. The smallest absolute Gasteiger partial charge is 0.308 e. The van der Waals surface area contributed by atoms with E-state index in [4.69, 9.17) is 0 Å². The lowest BCUT2D eigenvalue weighted by molar-refractivity contribution is -0.137. The molecule has 112 valence electrons. The molecule has 0 spiro atoms. The Morgan fingerprint density at radius 2 is 1.90 bits per heavy atom. The highest BCUT2D eigenvalue weighted by Gasteiger charge is 2.31. The third-order valence-electron chi connectivity index (χ3n) is 3.26. The summed E-state index contributed by atoms with van der Waals surface area (Å²) in [6.07, 6.45) is -2.95. The minimum Gasteiger partial charge on any atom is -0.308 e. The zero-order valence-corrected chi connectivity index (χ0v) is 11.5. The first-order valence-electron chi connectivity index (χ1n) is 6.30. The minimum absolute atomic E-state index is 0.155. The standard InChI is InChI=1S/C15H14F4N2/c1-9-8-10(15(17,18)19)5-6-11(9)13(20-2)14-12(16)4-3-7-21-14/h3-8,13,20H,1-2H3. The maximum Gasteiger partial charge on any atom is 0.416 e. The summed E-state index contributed by atoms with van der Waals surface area (Å²) >= 11 is 0. The lowest BCUT2D eigenvalue weighted by atomic mass is 9.96. The lowest BCUT2D eigenvalue weighted by Gasteiger charge is -2.20. The Hall–Kier alpha value is -1.95. The van der Waals surface area contributed by atoms with Crippen molar-refractivity contribution in [3.8, 4) is 0 Å². The van der Waals surface area contributed by atoms with Gasteiger partial charge in [0.05, 0.1) is 17.3 Å².